The maximum absolute atomic E-state index is 12.6. The lowest BCUT2D eigenvalue weighted by Gasteiger charge is -2.25. The number of carbonyl (C=O) groups excluding carboxylic acids is 1. The van der Waals surface area contributed by atoms with E-state index in [0.717, 1.165) is 57.0 Å². The Labute approximate surface area is 150 Å². The predicted molar refractivity (Wildman–Crippen MR) is 94.9 cm³/mol. The molecule has 0 bridgehead atoms. The van der Waals surface area contributed by atoms with Gasteiger partial charge >= 0.3 is 0 Å². The van der Waals surface area contributed by atoms with Crippen LogP contribution in [0.15, 0.2) is 0 Å². The summed E-state index contributed by atoms with van der Waals surface area (Å²) >= 11 is 0. The van der Waals surface area contributed by atoms with Crippen molar-refractivity contribution in [2.75, 3.05) is 26.3 Å². The van der Waals surface area contributed by atoms with E-state index in [1.54, 1.807) is 0 Å². The fourth-order valence-corrected chi connectivity index (χ4v) is 3.97. The van der Waals surface area contributed by atoms with Gasteiger partial charge in [0.05, 0.1) is 6.54 Å². The van der Waals surface area contributed by atoms with Crippen LogP contribution in [-0.4, -0.2) is 57.9 Å². The van der Waals surface area contributed by atoms with E-state index in [2.05, 4.69) is 27.3 Å². The molecule has 2 aliphatic heterocycles. The Morgan fingerprint density at radius 2 is 2.04 bits per heavy atom. The third-order valence-corrected chi connectivity index (χ3v) is 5.64. The number of likely N-dealkylation sites (tertiary alicyclic amines) is 1. The molecule has 0 unspecified atom stereocenters. The molecule has 1 amide bonds. The molecule has 2 aliphatic rings. The predicted octanol–water partition coefficient (Wildman–Crippen LogP) is 1.27. The van der Waals surface area contributed by atoms with E-state index in [9.17, 15) is 4.79 Å². The van der Waals surface area contributed by atoms with E-state index < -0.39 is 0 Å². The summed E-state index contributed by atoms with van der Waals surface area (Å²) in [6, 6.07) is 0.240. The minimum atomic E-state index is 0.117. The van der Waals surface area contributed by atoms with Crippen molar-refractivity contribution in [1.82, 2.24) is 25.0 Å². The van der Waals surface area contributed by atoms with Gasteiger partial charge in [-0.15, -0.1) is 10.2 Å². The van der Waals surface area contributed by atoms with Gasteiger partial charge in [0.2, 0.25) is 5.91 Å². The molecular weight excluding hydrogens is 318 g/mol. The second-order valence-corrected chi connectivity index (χ2v) is 7.47. The molecule has 1 aromatic rings. The van der Waals surface area contributed by atoms with Crippen molar-refractivity contribution in [3.8, 4) is 0 Å². The van der Waals surface area contributed by atoms with Crippen LogP contribution in [0.2, 0.25) is 0 Å². The normalized spacial score (nSPS) is 25.4. The quantitative estimate of drug-likeness (QED) is 0.837. The summed E-state index contributed by atoms with van der Waals surface area (Å²) in [7, 11) is 2.01. The van der Waals surface area contributed by atoms with Gasteiger partial charge in [-0.05, 0) is 32.1 Å². The van der Waals surface area contributed by atoms with Crippen LogP contribution in [0.3, 0.4) is 0 Å². The van der Waals surface area contributed by atoms with Crippen molar-refractivity contribution in [1.29, 1.82) is 0 Å². The zero-order chi connectivity index (χ0) is 17.8. The largest absolute Gasteiger partial charge is 0.381 e. The van der Waals surface area contributed by atoms with Crippen molar-refractivity contribution < 1.29 is 9.53 Å². The Hall–Kier alpha value is -1.47. The number of nitrogens with zero attached hydrogens (tertiary/aromatic N) is 4. The SMILES string of the molecule is CCC[C@H]1CN(Cc2nnc(C)n2C)C[C@@H]1NC(=O)C1CCOCC1. The molecule has 7 nitrogen and oxygen atoms in total. The first-order chi connectivity index (χ1) is 12.1. The molecule has 2 saturated heterocycles. The van der Waals surface area contributed by atoms with E-state index in [0.29, 0.717) is 19.1 Å². The van der Waals surface area contributed by atoms with Crippen LogP contribution >= 0.6 is 0 Å². The lowest BCUT2D eigenvalue weighted by molar-refractivity contribution is -0.128. The second kappa shape index (κ2) is 8.27. The highest BCUT2D eigenvalue weighted by atomic mass is 16.5. The van der Waals surface area contributed by atoms with E-state index in [4.69, 9.17) is 4.74 Å². The lowest BCUT2D eigenvalue weighted by Crippen LogP contribution is -2.44. The monoisotopic (exact) mass is 349 g/mol. The number of carbonyl (C=O) groups is 1. The van der Waals surface area contributed by atoms with Gasteiger partial charge in [0.25, 0.3) is 0 Å². The minimum absolute atomic E-state index is 0.117. The molecule has 3 rings (SSSR count). The Bertz CT molecular complexity index is 582. The summed E-state index contributed by atoms with van der Waals surface area (Å²) < 4.78 is 7.42. The molecule has 2 atom stereocenters. The topological polar surface area (TPSA) is 72.3 Å². The van der Waals surface area contributed by atoms with Gasteiger partial charge in [-0.1, -0.05) is 13.3 Å². The first-order valence-electron chi connectivity index (χ1n) is 9.53. The zero-order valence-electron chi connectivity index (χ0n) is 15.7. The highest BCUT2D eigenvalue weighted by molar-refractivity contribution is 5.79. The first kappa shape index (κ1) is 18.3. The van der Waals surface area contributed by atoms with Gasteiger partial charge in [-0.2, -0.15) is 0 Å². The Morgan fingerprint density at radius 1 is 1.28 bits per heavy atom. The van der Waals surface area contributed by atoms with E-state index in [1.807, 2.05) is 18.5 Å². The van der Waals surface area contributed by atoms with Crippen LogP contribution in [-0.2, 0) is 23.1 Å². The summed E-state index contributed by atoms with van der Waals surface area (Å²) in [6.45, 7) is 8.30. The van der Waals surface area contributed by atoms with Gasteiger partial charge in [-0.25, -0.2) is 0 Å². The number of amides is 1. The summed E-state index contributed by atoms with van der Waals surface area (Å²) in [6.07, 6.45) is 3.98. The first-order valence-corrected chi connectivity index (χ1v) is 9.53. The van der Waals surface area contributed by atoms with Crippen molar-refractivity contribution in [3.05, 3.63) is 11.6 Å². The maximum atomic E-state index is 12.6. The molecule has 0 aromatic carbocycles. The molecule has 1 N–H and O–H groups in total. The molecule has 0 saturated carbocycles. The Kier molecular flexibility index (Phi) is 6.06. The van der Waals surface area contributed by atoms with Gasteiger partial charge in [0.1, 0.15) is 11.6 Å². The molecule has 0 aliphatic carbocycles. The number of ether oxygens (including phenoxy) is 1. The molecule has 140 valence electrons. The number of aryl methyl sites for hydroxylation is 1. The molecule has 2 fully saturated rings. The minimum Gasteiger partial charge on any atom is -0.381 e. The highest BCUT2D eigenvalue weighted by Crippen LogP contribution is 2.24. The second-order valence-electron chi connectivity index (χ2n) is 7.47. The Morgan fingerprint density at radius 3 is 2.68 bits per heavy atom. The average molecular weight is 349 g/mol. The van der Waals surface area contributed by atoms with Gasteiger partial charge in [0.15, 0.2) is 0 Å². The fraction of sp³-hybridized carbons (Fsp3) is 0.833. The molecule has 0 radical (unpaired) electrons. The van der Waals surface area contributed by atoms with Crippen LogP contribution in [0.1, 0.15) is 44.3 Å². The summed E-state index contributed by atoms with van der Waals surface area (Å²) in [5.41, 5.74) is 0. The van der Waals surface area contributed by atoms with E-state index in [1.165, 1.54) is 0 Å². The lowest BCUT2D eigenvalue weighted by atomic mass is 9.95. The molecular formula is C18H31N5O2. The maximum Gasteiger partial charge on any atom is 0.223 e. The van der Waals surface area contributed by atoms with Gasteiger partial charge in [0, 0.05) is 45.3 Å². The summed E-state index contributed by atoms with van der Waals surface area (Å²) in [5, 5.41) is 11.8. The van der Waals surface area contributed by atoms with Crippen molar-refractivity contribution >= 4 is 5.91 Å². The van der Waals surface area contributed by atoms with Crippen LogP contribution in [0.25, 0.3) is 0 Å². The van der Waals surface area contributed by atoms with Crippen LogP contribution < -0.4 is 5.32 Å². The number of nitrogens with one attached hydrogen (secondary N) is 1. The van der Waals surface area contributed by atoms with E-state index in [-0.39, 0.29) is 17.9 Å². The summed E-state index contributed by atoms with van der Waals surface area (Å²) in [4.78, 5) is 15.0. The number of rotatable bonds is 6. The molecule has 3 heterocycles. The number of aromatic nitrogens is 3. The standard InChI is InChI=1S/C18H31N5O2/c1-4-5-15-10-23(12-17-21-20-13(2)22(17)3)11-16(15)19-18(24)14-6-8-25-9-7-14/h14-16H,4-12H2,1-3H3,(H,19,24)/t15-,16-/m0/s1. The number of hydrogen-bond acceptors (Lipinski definition) is 5. The Balaban J connectivity index is 1.59. The van der Waals surface area contributed by atoms with Crippen LogP contribution in [0.5, 0.6) is 0 Å². The van der Waals surface area contributed by atoms with Crippen LogP contribution in [0.4, 0.5) is 0 Å². The third-order valence-electron chi connectivity index (χ3n) is 5.64. The van der Waals surface area contributed by atoms with Crippen LogP contribution in [0, 0.1) is 18.8 Å². The highest BCUT2D eigenvalue weighted by Gasteiger charge is 2.35. The van der Waals surface area contributed by atoms with E-state index >= 15 is 0 Å². The van der Waals surface area contributed by atoms with Crippen molar-refractivity contribution in [2.24, 2.45) is 18.9 Å². The molecule has 1 aromatic heterocycles. The van der Waals surface area contributed by atoms with Gasteiger partial charge < -0.3 is 14.6 Å². The average Bonchev–Trinajstić information content (AvgIpc) is 3.14. The van der Waals surface area contributed by atoms with Crippen molar-refractivity contribution in [2.45, 2.75) is 52.1 Å². The zero-order valence-corrected chi connectivity index (χ0v) is 15.7. The van der Waals surface area contributed by atoms with Gasteiger partial charge in [-0.3, -0.25) is 9.69 Å². The molecule has 7 heteroatoms. The van der Waals surface area contributed by atoms with Crippen molar-refractivity contribution in [3.63, 3.8) is 0 Å². The fourth-order valence-electron chi connectivity index (χ4n) is 3.97. The smallest absolute Gasteiger partial charge is 0.223 e. The molecule has 0 spiro atoms. The molecule has 25 heavy (non-hydrogen) atoms. The third kappa shape index (κ3) is 4.39. The summed E-state index contributed by atoms with van der Waals surface area (Å²) in [5.74, 6) is 2.77. The number of hydrogen-bond donors (Lipinski definition) is 1.